The van der Waals surface area contributed by atoms with Gasteiger partial charge in [-0.15, -0.1) is 0 Å². The van der Waals surface area contributed by atoms with Crippen molar-refractivity contribution in [2.24, 2.45) is 0 Å². The Morgan fingerprint density at radius 2 is 1.97 bits per heavy atom. The average Bonchev–Trinajstić information content (AvgIpc) is 2.68. The molecule has 0 saturated heterocycles. The van der Waals surface area contributed by atoms with E-state index in [4.69, 9.17) is 21.1 Å². The molecule has 0 fully saturated rings. The quantitative estimate of drug-likeness (QED) is 0.636. The number of halogens is 1. The second-order valence-electron chi connectivity index (χ2n) is 6.10. The maximum absolute atomic E-state index is 12.2. The number of carbonyl (C=O) groups excluding carboxylic acids is 1. The Hall–Kier alpha value is -2.55. The molecule has 0 radical (unpaired) electrons. The summed E-state index contributed by atoms with van der Waals surface area (Å²) in [5, 5.41) is 3.01. The number of hydrogen-bond donors (Lipinski definition) is 1. The zero-order valence-corrected chi connectivity index (χ0v) is 18.2. The second kappa shape index (κ2) is 9.78. The van der Waals surface area contributed by atoms with Gasteiger partial charge in [0.15, 0.2) is 11.5 Å². The molecule has 0 aromatic heterocycles. The van der Waals surface area contributed by atoms with Crippen molar-refractivity contribution in [3.63, 3.8) is 0 Å². The van der Waals surface area contributed by atoms with Crippen LogP contribution in [0.25, 0.3) is 6.08 Å². The second-order valence-corrected chi connectivity index (χ2v) is 8.66. The zero-order chi connectivity index (χ0) is 21.6. The van der Waals surface area contributed by atoms with Crippen LogP contribution in [-0.4, -0.2) is 46.4 Å². The van der Waals surface area contributed by atoms with Crippen molar-refractivity contribution in [3.05, 3.63) is 53.1 Å². The fourth-order valence-electron chi connectivity index (χ4n) is 2.42. The summed E-state index contributed by atoms with van der Waals surface area (Å²) < 4.78 is 36.3. The fraction of sp³-hybridized carbons (Fsp3) is 0.250. The van der Waals surface area contributed by atoms with Crippen molar-refractivity contribution in [1.82, 2.24) is 4.31 Å². The molecular weight excluding hydrogens is 416 g/mol. The van der Waals surface area contributed by atoms with Crippen LogP contribution in [0.5, 0.6) is 11.5 Å². The molecule has 0 saturated carbocycles. The number of ether oxygens (including phenoxy) is 2. The normalized spacial score (nSPS) is 11.7. The molecule has 2 aromatic carbocycles. The molecule has 0 spiro atoms. The molecule has 7 nitrogen and oxygen atoms in total. The van der Waals surface area contributed by atoms with Crippen LogP contribution in [0.2, 0.25) is 5.02 Å². The van der Waals surface area contributed by atoms with Gasteiger partial charge in [-0.2, -0.15) is 0 Å². The first-order valence-corrected chi connectivity index (χ1v) is 10.5. The minimum absolute atomic E-state index is 0.0901. The number of anilines is 1. The monoisotopic (exact) mass is 438 g/mol. The largest absolute Gasteiger partial charge is 0.493 e. The van der Waals surface area contributed by atoms with Gasteiger partial charge < -0.3 is 14.8 Å². The van der Waals surface area contributed by atoms with Crippen molar-refractivity contribution in [3.8, 4) is 11.5 Å². The van der Waals surface area contributed by atoms with Gasteiger partial charge in [0.1, 0.15) is 0 Å². The Bertz CT molecular complexity index is 1020. The number of nitrogens with zero attached hydrogens (tertiary/aromatic N) is 1. The number of benzene rings is 2. The topological polar surface area (TPSA) is 84.9 Å². The maximum Gasteiger partial charge on any atom is 0.248 e. The molecule has 0 aliphatic carbocycles. The van der Waals surface area contributed by atoms with Crippen molar-refractivity contribution < 1.29 is 22.7 Å². The molecule has 1 amide bonds. The number of carbonyl (C=O) groups is 1. The van der Waals surface area contributed by atoms with Gasteiger partial charge in [0.05, 0.1) is 23.6 Å². The van der Waals surface area contributed by atoms with Crippen LogP contribution in [0.3, 0.4) is 0 Å². The van der Waals surface area contributed by atoms with Gasteiger partial charge in [-0.3, -0.25) is 4.79 Å². The van der Waals surface area contributed by atoms with Crippen LogP contribution < -0.4 is 14.8 Å². The Kier molecular flexibility index (Phi) is 7.66. The van der Waals surface area contributed by atoms with E-state index in [1.165, 1.54) is 39.4 Å². The predicted molar refractivity (Wildman–Crippen MR) is 114 cm³/mol. The first-order valence-electron chi connectivity index (χ1n) is 8.71. The molecule has 2 rings (SSSR count). The Labute approximate surface area is 175 Å². The molecule has 0 heterocycles. The molecular formula is C20H23ClN2O5S. The highest BCUT2D eigenvalue weighted by atomic mass is 35.5. The predicted octanol–water partition coefficient (Wildman–Crippen LogP) is 3.65. The molecule has 0 unspecified atom stereocenters. The highest BCUT2D eigenvalue weighted by molar-refractivity contribution is 7.89. The maximum atomic E-state index is 12.2. The Morgan fingerprint density at radius 3 is 2.59 bits per heavy atom. The Morgan fingerprint density at radius 1 is 1.24 bits per heavy atom. The minimum atomic E-state index is -3.59. The summed E-state index contributed by atoms with van der Waals surface area (Å²) >= 11 is 6.22. The minimum Gasteiger partial charge on any atom is -0.493 e. The van der Waals surface area contributed by atoms with E-state index in [1.807, 2.05) is 6.92 Å². The van der Waals surface area contributed by atoms with Crippen LogP contribution in [0.1, 0.15) is 12.5 Å². The zero-order valence-electron chi connectivity index (χ0n) is 16.6. The number of methoxy groups -OCH3 is 1. The average molecular weight is 439 g/mol. The molecule has 29 heavy (non-hydrogen) atoms. The Balaban J connectivity index is 2.18. The number of hydrogen-bond acceptors (Lipinski definition) is 5. The summed E-state index contributed by atoms with van der Waals surface area (Å²) in [6, 6.07) is 9.39. The summed E-state index contributed by atoms with van der Waals surface area (Å²) in [7, 11) is 0.803. The van der Waals surface area contributed by atoms with Gasteiger partial charge in [-0.05, 0) is 48.9 Å². The molecule has 2 aromatic rings. The van der Waals surface area contributed by atoms with Gasteiger partial charge in [0.25, 0.3) is 0 Å². The molecule has 0 atom stereocenters. The van der Waals surface area contributed by atoms with E-state index >= 15 is 0 Å². The van der Waals surface area contributed by atoms with E-state index in [-0.39, 0.29) is 4.90 Å². The SMILES string of the molecule is CCOc1c(Cl)cc(/C=C/C(=O)Nc2cccc(S(=O)(=O)N(C)C)c2)cc1OC. The third kappa shape index (κ3) is 5.72. The van der Waals surface area contributed by atoms with Crippen LogP contribution in [0, 0.1) is 0 Å². The first-order chi connectivity index (χ1) is 13.7. The van der Waals surface area contributed by atoms with Crippen molar-refractivity contribution >= 4 is 39.3 Å². The van der Waals surface area contributed by atoms with Crippen molar-refractivity contribution in [2.75, 3.05) is 33.1 Å². The van der Waals surface area contributed by atoms with Crippen molar-refractivity contribution in [2.45, 2.75) is 11.8 Å². The highest BCUT2D eigenvalue weighted by Gasteiger charge is 2.17. The molecule has 0 aliphatic heterocycles. The van der Waals surface area contributed by atoms with Gasteiger partial charge in [0, 0.05) is 25.9 Å². The molecule has 0 aliphatic rings. The third-order valence-corrected chi connectivity index (χ3v) is 5.94. The number of amides is 1. The molecule has 1 N–H and O–H groups in total. The smallest absolute Gasteiger partial charge is 0.248 e. The summed E-state index contributed by atoms with van der Waals surface area (Å²) in [5.74, 6) is 0.478. The van der Waals surface area contributed by atoms with Crippen LogP contribution >= 0.6 is 11.6 Å². The van der Waals surface area contributed by atoms with E-state index in [2.05, 4.69) is 5.32 Å². The summed E-state index contributed by atoms with van der Waals surface area (Å²) in [6.45, 7) is 2.28. The lowest BCUT2D eigenvalue weighted by atomic mass is 10.2. The van der Waals surface area contributed by atoms with E-state index < -0.39 is 15.9 Å². The molecule has 0 bridgehead atoms. The number of rotatable bonds is 8. The van der Waals surface area contributed by atoms with Crippen LogP contribution in [-0.2, 0) is 14.8 Å². The fourth-order valence-corrected chi connectivity index (χ4v) is 3.64. The number of sulfonamides is 1. The molecule has 156 valence electrons. The summed E-state index contributed by atoms with van der Waals surface area (Å²) in [5.41, 5.74) is 1.01. The lowest BCUT2D eigenvalue weighted by Gasteiger charge is -2.12. The van der Waals surface area contributed by atoms with Crippen molar-refractivity contribution in [1.29, 1.82) is 0 Å². The summed E-state index contributed by atoms with van der Waals surface area (Å²) in [6.07, 6.45) is 2.89. The highest BCUT2D eigenvalue weighted by Crippen LogP contribution is 2.36. The van der Waals surface area contributed by atoms with Gasteiger partial charge in [-0.25, -0.2) is 12.7 Å². The van der Waals surface area contributed by atoms with E-state index in [0.29, 0.717) is 34.4 Å². The lowest BCUT2D eigenvalue weighted by Crippen LogP contribution is -2.22. The first kappa shape index (κ1) is 22.7. The van der Waals surface area contributed by atoms with Gasteiger partial charge in [0.2, 0.25) is 15.9 Å². The number of nitrogens with one attached hydrogen (secondary N) is 1. The lowest BCUT2D eigenvalue weighted by molar-refractivity contribution is -0.111. The van der Waals surface area contributed by atoms with Gasteiger partial charge in [-0.1, -0.05) is 17.7 Å². The van der Waals surface area contributed by atoms with E-state index in [9.17, 15) is 13.2 Å². The molecule has 9 heteroatoms. The standard InChI is InChI=1S/C20H23ClN2O5S/c1-5-28-20-17(21)11-14(12-18(20)27-4)9-10-19(24)22-15-7-6-8-16(13-15)29(25,26)23(2)3/h6-13H,5H2,1-4H3,(H,22,24)/b10-9+. The van der Waals surface area contributed by atoms with Crippen LogP contribution in [0.15, 0.2) is 47.4 Å². The van der Waals surface area contributed by atoms with Gasteiger partial charge >= 0.3 is 0 Å². The summed E-state index contributed by atoms with van der Waals surface area (Å²) in [4.78, 5) is 12.3. The third-order valence-electron chi connectivity index (χ3n) is 3.85. The van der Waals surface area contributed by atoms with E-state index in [1.54, 1.807) is 30.3 Å². The van der Waals surface area contributed by atoms with Crippen LogP contribution in [0.4, 0.5) is 5.69 Å². The van der Waals surface area contributed by atoms with E-state index in [0.717, 1.165) is 4.31 Å².